The molecule has 3 aromatic rings. The predicted octanol–water partition coefficient (Wildman–Crippen LogP) is 2.70. The van der Waals surface area contributed by atoms with Gasteiger partial charge in [-0.3, -0.25) is 19.0 Å². The number of hydrogen-bond acceptors (Lipinski definition) is 8. The Bertz CT molecular complexity index is 1480. The van der Waals surface area contributed by atoms with E-state index >= 15 is 0 Å². The van der Waals surface area contributed by atoms with E-state index in [2.05, 4.69) is 15.3 Å². The molecule has 0 atom stereocenters. The molecule has 2 aromatic carbocycles. The standard InChI is InChI=1S/C18H18N4O8S2/c1-10-8-14(16(32(27,28)29)9-15(10)30-3)19-20-17-11(2)21-22(18(17)23)12-4-6-13(7-5-12)31(24,25)26/h4-9,21H,1-3H3,(H,24,25,26)(H,27,28,29). The largest absolute Gasteiger partial charge is 0.496 e. The van der Waals surface area contributed by atoms with E-state index in [1.807, 2.05) is 0 Å². The molecule has 0 aliphatic carbocycles. The van der Waals surface area contributed by atoms with Crippen molar-refractivity contribution < 1.29 is 30.7 Å². The maximum atomic E-state index is 12.8. The quantitative estimate of drug-likeness (QED) is 0.354. The highest BCUT2D eigenvalue weighted by molar-refractivity contribution is 7.86. The molecule has 0 aliphatic rings. The monoisotopic (exact) mass is 482 g/mol. The molecule has 0 radical (unpaired) electrons. The average Bonchev–Trinajstić information content (AvgIpc) is 2.98. The lowest BCUT2D eigenvalue weighted by atomic mass is 10.2. The first-order chi connectivity index (χ1) is 14.8. The summed E-state index contributed by atoms with van der Waals surface area (Å²) >= 11 is 0. The third kappa shape index (κ3) is 4.62. The number of aryl methyl sites for hydroxylation is 2. The van der Waals surface area contributed by atoms with Crippen LogP contribution < -0.4 is 10.3 Å². The molecule has 0 bridgehead atoms. The van der Waals surface area contributed by atoms with Crippen molar-refractivity contribution in [1.82, 2.24) is 9.78 Å². The maximum Gasteiger partial charge on any atom is 0.299 e. The first-order valence-electron chi connectivity index (χ1n) is 8.80. The van der Waals surface area contributed by atoms with Crippen molar-refractivity contribution >= 4 is 31.6 Å². The number of benzene rings is 2. The summed E-state index contributed by atoms with van der Waals surface area (Å²) in [6.45, 7) is 3.16. The molecule has 0 amide bonds. The average molecular weight is 482 g/mol. The Labute approximate surface area is 182 Å². The summed E-state index contributed by atoms with van der Waals surface area (Å²) in [7, 11) is -7.71. The van der Waals surface area contributed by atoms with Gasteiger partial charge in [0.25, 0.3) is 25.8 Å². The Morgan fingerprint density at radius 3 is 2.12 bits per heavy atom. The van der Waals surface area contributed by atoms with Gasteiger partial charge in [0, 0.05) is 6.07 Å². The van der Waals surface area contributed by atoms with Crippen LogP contribution in [0.15, 0.2) is 61.2 Å². The van der Waals surface area contributed by atoms with Crippen LogP contribution in [0.3, 0.4) is 0 Å². The summed E-state index contributed by atoms with van der Waals surface area (Å²) in [5.41, 5.74) is 0.0797. The molecular formula is C18H18N4O8S2. The Balaban J connectivity index is 2.06. The summed E-state index contributed by atoms with van der Waals surface area (Å²) in [6, 6.07) is 7.26. The molecule has 0 spiro atoms. The van der Waals surface area contributed by atoms with Gasteiger partial charge in [-0.2, -0.15) is 16.8 Å². The molecule has 0 saturated carbocycles. The van der Waals surface area contributed by atoms with Crippen LogP contribution in [0, 0.1) is 13.8 Å². The minimum absolute atomic E-state index is 0.140. The lowest BCUT2D eigenvalue weighted by Gasteiger charge is -2.08. The zero-order chi connectivity index (χ0) is 23.8. The van der Waals surface area contributed by atoms with Gasteiger partial charge in [0.05, 0.1) is 23.4 Å². The Kier molecular flexibility index (Phi) is 6.06. The number of nitrogens with zero attached hydrogens (tertiary/aromatic N) is 3. The van der Waals surface area contributed by atoms with Crippen LogP contribution in [0.25, 0.3) is 5.69 Å². The summed E-state index contributed by atoms with van der Waals surface area (Å²) in [5, 5.41) is 10.4. The molecular weight excluding hydrogens is 464 g/mol. The van der Waals surface area contributed by atoms with Gasteiger partial charge < -0.3 is 4.74 Å². The SMILES string of the molecule is COc1cc(S(=O)(=O)O)c(N=Nc2c(C)[nH]n(-c3ccc(S(=O)(=O)O)cc3)c2=O)cc1C. The second kappa shape index (κ2) is 8.31. The fourth-order valence-corrected chi connectivity index (χ4v) is 3.97. The Hall–Kier alpha value is -3.33. The van der Waals surface area contributed by atoms with E-state index < -0.39 is 30.7 Å². The highest BCUT2D eigenvalue weighted by Crippen LogP contribution is 2.33. The third-order valence-corrected chi connectivity index (χ3v) is 6.20. The number of aromatic nitrogens is 2. The van der Waals surface area contributed by atoms with Crippen LogP contribution in [-0.4, -0.2) is 42.8 Å². The lowest BCUT2D eigenvalue weighted by molar-refractivity contribution is 0.409. The van der Waals surface area contributed by atoms with Gasteiger partial charge in [0.1, 0.15) is 16.3 Å². The molecule has 0 unspecified atom stereocenters. The van der Waals surface area contributed by atoms with Gasteiger partial charge in [-0.05, 0) is 49.7 Å². The van der Waals surface area contributed by atoms with Crippen molar-refractivity contribution in [3.05, 3.63) is 58.0 Å². The summed E-state index contributed by atoms with van der Waals surface area (Å²) in [6.07, 6.45) is 0. The van der Waals surface area contributed by atoms with Crippen molar-refractivity contribution in [2.45, 2.75) is 23.6 Å². The van der Waals surface area contributed by atoms with Gasteiger partial charge in [-0.15, -0.1) is 10.2 Å². The van der Waals surface area contributed by atoms with Crippen LogP contribution in [0.5, 0.6) is 5.75 Å². The van der Waals surface area contributed by atoms with Gasteiger partial charge in [-0.1, -0.05) is 0 Å². The fourth-order valence-electron chi connectivity index (χ4n) is 2.87. The van der Waals surface area contributed by atoms with Gasteiger partial charge in [0.15, 0.2) is 5.69 Å². The highest BCUT2D eigenvalue weighted by atomic mass is 32.2. The molecule has 1 heterocycles. The van der Waals surface area contributed by atoms with Gasteiger partial charge in [-0.25, -0.2) is 4.68 Å². The second-order valence-electron chi connectivity index (χ2n) is 6.66. The number of azo groups is 1. The molecule has 0 saturated heterocycles. The van der Waals surface area contributed by atoms with Gasteiger partial charge in [0.2, 0.25) is 0 Å². The summed E-state index contributed by atoms with van der Waals surface area (Å²) in [5.74, 6) is 0.213. The second-order valence-corrected chi connectivity index (χ2v) is 9.47. The molecule has 0 fully saturated rings. The van der Waals surface area contributed by atoms with E-state index in [4.69, 9.17) is 9.29 Å². The first-order valence-corrected chi connectivity index (χ1v) is 11.7. The van der Waals surface area contributed by atoms with E-state index in [1.54, 1.807) is 6.92 Å². The van der Waals surface area contributed by atoms with Crippen molar-refractivity contribution in [3.8, 4) is 11.4 Å². The lowest BCUT2D eigenvalue weighted by Crippen LogP contribution is -2.14. The van der Waals surface area contributed by atoms with Crippen LogP contribution in [-0.2, 0) is 20.2 Å². The number of hydrogen-bond donors (Lipinski definition) is 3. The Morgan fingerprint density at radius 1 is 0.969 bits per heavy atom. The van der Waals surface area contributed by atoms with Crippen molar-refractivity contribution in [2.75, 3.05) is 7.11 Å². The molecule has 3 N–H and O–H groups in total. The number of ether oxygens (including phenoxy) is 1. The maximum absolute atomic E-state index is 12.8. The van der Waals surface area contributed by atoms with E-state index in [9.17, 15) is 26.2 Å². The van der Waals surface area contributed by atoms with Crippen LogP contribution >= 0.6 is 0 Å². The topological polar surface area (TPSA) is 180 Å². The van der Waals surface area contributed by atoms with Crippen molar-refractivity contribution in [1.29, 1.82) is 0 Å². The van der Waals surface area contributed by atoms with Crippen LogP contribution in [0.4, 0.5) is 11.4 Å². The van der Waals surface area contributed by atoms with Crippen LogP contribution in [0.2, 0.25) is 0 Å². The predicted molar refractivity (Wildman–Crippen MR) is 113 cm³/mol. The zero-order valence-electron chi connectivity index (χ0n) is 17.0. The van der Waals surface area contributed by atoms with E-state index in [-0.39, 0.29) is 33.4 Å². The zero-order valence-corrected chi connectivity index (χ0v) is 18.6. The number of H-pyrrole nitrogens is 1. The van der Waals surface area contributed by atoms with E-state index in [0.717, 1.165) is 22.9 Å². The van der Waals surface area contributed by atoms with Crippen molar-refractivity contribution in [2.24, 2.45) is 10.2 Å². The minimum atomic E-state index is -4.66. The molecule has 32 heavy (non-hydrogen) atoms. The highest BCUT2D eigenvalue weighted by Gasteiger charge is 2.20. The summed E-state index contributed by atoms with van der Waals surface area (Å²) in [4.78, 5) is 11.9. The normalized spacial score (nSPS) is 12.4. The van der Waals surface area contributed by atoms with E-state index in [0.29, 0.717) is 5.56 Å². The molecule has 14 heteroatoms. The minimum Gasteiger partial charge on any atom is -0.496 e. The number of aromatic amines is 1. The number of methoxy groups -OCH3 is 1. The van der Waals surface area contributed by atoms with Crippen LogP contribution in [0.1, 0.15) is 11.3 Å². The Morgan fingerprint density at radius 2 is 1.59 bits per heavy atom. The number of rotatable bonds is 6. The number of nitrogens with one attached hydrogen (secondary N) is 1. The molecule has 1 aromatic heterocycles. The van der Waals surface area contributed by atoms with E-state index in [1.165, 1.54) is 32.2 Å². The summed E-state index contributed by atoms with van der Waals surface area (Å²) < 4.78 is 70.5. The molecule has 3 rings (SSSR count). The molecule has 170 valence electrons. The fraction of sp³-hybridized carbons (Fsp3) is 0.167. The molecule has 12 nitrogen and oxygen atoms in total. The van der Waals surface area contributed by atoms with Crippen molar-refractivity contribution in [3.63, 3.8) is 0 Å². The first kappa shape index (κ1) is 23.3. The third-order valence-electron chi connectivity index (χ3n) is 4.45. The smallest absolute Gasteiger partial charge is 0.299 e. The molecule has 0 aliphatic heterocycles. The van der Waals surface area contributed by atoms with Gasteiger partial charge >= 0.3 is 0 Å².